The molecule has 8 heteroatoms. The van der Waals surface area contributed by atoms with Crippen LogP contribution in [0.15, 0.2) is 41.8 Å². The third-order valence-electron chi connectivity index (χ3n) is 5.29. The predicted octanol–water partition coefficient (Wildman–Crippen LogP) is 2.76. The average molecular weight is 447 g/mol. The number of benzene rings is 1. The lowest BCUT2D eigenvalue weighted by Gasteiger charge is -2.37. The van der Waals surface area contributed by atoms with Gasteiger partial charge >= 0.3 is 0 Å². The molecule has 1 unspecified atom stereocenters. The summed E-state index contributed by atoms with van der Waals surface area (Å²) in [7, 11) is 3.10. The minimum Gasteiger partial charge on any atom is -0.491 e. The number of rotatable bonds is 11. The number of hydrogen-bond donors (Lipinski definition) is 0. The normalized spacial score (nSPS) is 15.4. The summed E-state index contributed by atoms with van der Waals surface area (Å²) in [6, 6.07) is 11.5. The maximum atomic E-state index is 13.3. The van der Waals surface area contributed by atoms with Gasteiger partial charge in [-0.1, -0.05) is 18.2 Å². The molecule has 0 aliphatic carbocycles. The number of carbonyl (C=O) groups is 2. The van der Waals surface area contributed by atoms with Gasteiger partial charge in [-0.15, -0.1) is 11.3 Å². The molecule has 1 atom stereocenters. The van der Waals surface area contributed by atoms with Gasteiger partial charge in [0.05, 0.1) is 12.6 Å². The molecule has 0 N–H and O–H groups in total. The number of carbonyl (C=O) groups excluding carboxylic acids is 2. The molecule has 0 fully saturated rings. The lowest BCUT2D eigenvalue weighted by molar-refractivity contribution is -0.144. The van der Waals surface area contributed by atoms with E-state index < -0.39 is 0 Å². The van der Waals surface area contributed by atoms with E-state index in [2.05, 4.69) is 11.4 Å². The van der Waals surface area contributed by atoms with E-state index in [1.165, 1.54) is 12.0 Å². The van der Waals surface area contributed by atoms with Gasteiger partial charge in [-0.3, -0.25) is 9.59 Å². The third kappa shape index (κ3) is 6.29. The van der Waals surface area contributed by atoms with Crippen molar-refractivity contribution >= 4 is 23.2 Å². The summed E-state index contributed by atoms with van der Waals surface area (Å²) in [4.78, 5) is 30.5. The molecule has 31 heavy (non-hydrogen) atoms. The van der Waals surface area contributed by atoms with Crippen molar-refractivity contribution in [2.24, 2.45) is 0 Å². The van der Waals surface area contributed by atoms with Crippen molar-refractivity contribution in [2.75, 3.05) is 53.7 Å². The summed E-state index contributed by atoms with van der Waals surface area (Å²) in [6.45, 7) is 1.93. The molecule has 0 saturated carbocycles. The first kappa shape index (κ1) is 23.2. The Kier molecular flexibility index (Phi) is 8.87. The van der Waals surface area contributed by atoms with E-state index in [9.17, 15) is 9.59 Å². The molecule has 1 aliphatic heterocycles. The summed E-state index contributed by atoms with van der Waals surface area (Å²) in [5.41, 5.74) is 1.13. The third-order valence-corrected chi connectivity index (χ3v) is 6.29. The zero-order valence-electron chi connectivity index (χ0n) is 18.1. The fraction of sp³-hybridized carbons (Fsp3) is 0.478. The van der Waals surface area contributed by atoms with E-state index in [1.54, 1.807) is 23.3 Å². The maximum Gasteiger partial charge on any atom is 0.249 e. The molecule has 1 aliphatic rings. The minimum absolute atomic E-state index is 0.0210. The standard InChI is InChI=1S/C23H30N2O5S/c1-28-13-6-11-24(23(27)17-29-2)15-22(26)25-12-9-21-19(10-14-31-21)20(25)16-30-18-7-4-3-5-8-18/h3-5,7-8,10,14,20H,6,9,11-13,15-17H2,1-2H3. The van der Waals surface area contributed by atoms with Crippen LogP contribution in [0.1, 0.15) is 22.9 Å². The number of thiophene rings is 1. The molecule has 2 amide bonds. The number of para-hydroxylation sites is 1. The maximum absolute atomic E-state index is 13.3. The van der Waals surface area contributed by atoms with Crippen LogP contribution in [0.5, 0.6) is 5.75 Å². The second-order valence-corrected chi connectivity index (χ2v) is 8.37. The highest BCUT2D eigenvalue weighted by Gasteiger charge is 2.33. The highest BCUT2D eigenvalue weighted by atomic mass is 32.1. The van der Waals surface area contributed by atoms with E-state index in [-0.39, 0.29) is 31.0 Å². The average Bonchev–Trinajstić information content (AvgIpc) is 3.26. The fourth-order valence-electron chi connectivity index (χ4n) is 3.73. The van der Waals surface area contributed by atoms with Crippen LogP contribution in [0.2, 0.25) is 0 Å². The highest BCUT2D eigenvalue weighted by molar-refractivity contribution is 7.10. The quantitative estimate of drug-likeness (QED) is 0.497. The van der Waals surface area contributed by atoms with Crippen LogP contribution in [-0.2, 0) is 25.5 Å². The molecule has 3 rings (SSSR count). The van der Waals surface area contributed by atoms with Crippen molar-refractivity contribution in [3.63, 3.8) is 0 Å². The number of hydrogen-bond acceptors (Lipinski definition) is 6. The van der Waals surface area contributed by atoms with Gasteiger partial charge in [-0.2, -0.15) is 0 Å². The van der Waals surface area contributed by atoms with Gasteiger partial charge in [0.15, 0.2) is 0 Å². The van der Waals surface area contributed by atoms with E-state index in [0.29, 0.717) is 32.7 Å². The van der Waals surface area contributed by atoms with Crippen LogP contribution in [0, 0.1) is 0 Å². The zero-order chi connectivity index (χ0) is 22.1. The molecule has 7 nitrogen and oxygen atoms in total. The highest BCUT2D eigenvalue weighted by Crippen LogP contribution is 2.34. The number of amides is 2. The van der Waals surface area contributed by atoms with E-state index in [0.717, 1.165) is 17.7 Å². The summed E-state index contributed by atoms with van der Waals surface area (Å²) >= 11 is 1.72. The SMILES string of the molecule is COCCCN(CC(=O)N1CCc2sccc2C1COc1ccccc1)C(=O)COC. The molecular formula is C23H30N2O5S. The Hall–Kier alpha value is -2.42. The van der Waals surface area contributed by atoms with Crippen LogP contribution in [-0.4, -0.2) is 75.3 Å². The van der Waals surface area contributed by atoms with Crippen molar-refractivity contribution in [1.29, 1.82) is 0 Å². The predicted molar refractivity (Wildman–Crippen MR) is 119 cm³/mol. The Bertz CT molecular complexity index is 842. The fourth-order valence-corrected chi connectivity index (χ4v) is 4.66. The number of methoxy groups -OCH3 is 2. The minimum atomic E-state index is -0.197. The number of ether oxygens (including phenoxy) is 3. The molecule has 0 saturated heterocycles. The zero-order valence-corrected chi connectivity index (χ0v) is 18.9. The van der Waals surface area contributed by atoms with E-state index in [4.69, 9.17) is 14.2 Å². The Morgan fingerprint density at radius 1 is 1.16 bits per heavy atom. The lowest BCUT2D eigenvalue weighted by atomic mass is 10.0. The Labute approximate surface area is 187 Å². The first-order valence-corrected chi connectivity index (χ1v) is 11.3. The summed E-state index contributed by atoms with van der Waals surface area (Å²) in [5.74, 6) is 0.492. The van der Waals surface area contributed by atoms with Gasteiger partial charge < -0.3 is 24.0 Å². The van der Waals surface area contributed by atoms with Crippen LogP contribution < -0.4 is 4.74 Å². The Morgan fingerprint density at radius 3 is 2.71 bits per heavy atom. The first-order chi connectivity index (χ1) is 15.1. The summed E-state index contributed by atoms with van der Waals surface area (Å²) in [6.07, 6.45) is 1.48. The van der Waals surface area contributed by atoms with E-state index >= 15 is 0 Å². The van der Waals surface area contributed by atoms with Gasteiger partial charge in [-0.05, 0) is 42.0 Å². The van der Waals surface area contributed by atoms with Crippen LogP contribution in [0.3, 0.4) is 0 Å². The molecule has 0 bridgehead atoms. The van der Waals surface area contributed by atoms with E-state index in [1.807, 2.05) is 35.2 Å². The van der Waals surface area contributed by atoms with Crippen molar-refractivity contribution in [1.82, 2.24) is 9.80 Å². The van der Waals surface area contributed by atoms with Crippen molar-refractivity contribution < 1.29 is 23.8 Å². The van der Waals surface area contributed by atoms with Crippen LogP contribution in [0.4, 0.5) is 0 Å². The molecule has 1 aromatic carbocycles. The monoisotopic (exact) mass is 446 g/mol. The molecule has 1 aromatic heterocycles. The summed E-state index contributed by atoms with van der Waals surface area (Å²) < 4.78 is 16.1. The molecule has 0 radical (unpaired) electrons. The van der Waals surface area contributed by atoms with Gasteiger partial charge in [0.25, 0.3) is 0 Å². The van der Waals surface area contributed by atoms with Crippen molar-refractivity contribution in [2.45, 2.75) is 18.9 Å². The molecular weight excluding hydrogens is 416 g/mol. The molecule has 2 aromatic rings. The Balaban J connectivity index is 1.72. The van der Waals surface area contributed by atoms with Gasteiger partial charge in [0, 0.05) is 38.8 Å². The largest absolute Gasteiger partial charge is 0.491 e. The van der Waals surface area contributed by atoms with Crippen molar-refractivity contribution in [3.05, 3.63) is 52.2 Å². The van der Waals surface area contributed by atoms with Gasteiger partial charge in [0.1, 0.15) is 19.0 Å². The van der Waals surface area contributed by atoms with Crippen LogP contribution in [0.25, 0.3) is 0 Å². The van der Waals surface area contributed by atoms with Gasteiger partial charge in [0.2, 0.25) is 11.8 Å². The topological polar surface area (TPSA) is 68.3 Å². The molecule has 2 heterocycles. The number of nitrogens with zero attached hydrogens (tertiary/aromatic N) is 2. The molecule has 0 spiro atoms. The van der Waals surface area contributed by atoms with Crippen LogP contribution >= 0.6 is 11.3 Å². The summed E-state index contributed by atoms with van der Waals surface area (Å²) in [5, 5.41) is 2.06. The number of fused-ring (bicyclic) bond motifs is 1. The second-order valence-electron chi connectivity index (χ2n) is 7.37. The first-order valence-electron chi connectivity index (χ1n) is 10.4. The van der Waals surface area contributed by atoms with Gasteiger partial charge in [-0.25, -0.2) is 0 Å². The second kappa shape index (κ2) is 11.8. The lowest BCUT2D eigenvalue weighted by Crippen LogP contribution is -2.48. The smallest absolute Gasteiger partial charge is 0.249 e. The Morgan fingerprint density at radius 2 is 1.97 bits per heavy atom. The molecule has 168 valence electrons. The van der Waals surface area contributed by atoms with Crippen molar-refractivity contribution in [3.8, 4) is 5.75 Å².